The first-order valence-electron chi connectivity index (χ1n) is 6.63. The summed E-state index contributed by atoms with van der Waals surface area (Å²) < 4.78 is 19.7. The Bertz CT molecular complexity index is 555. The first-order chi connectivity index (χ1) is 8.77. The molecule has 0 saturated heterocycles. The zero-order valence-corrected chi connectivity index (χ0v) is 10.4. The van der Waals surface area contributed by atoms with Gasteiger partial charge in [-0.3, -0.25) is 0 Å². The minimum Gasteiger partial charge on any atom is -0.464 e. The van der Waals surface area contributed by atoms with Crippen LogP contribution >= 0.6 is 0 Å². The van der Waals surface area contributed by atoms with Crippen molar-refractivity contribution in [1.29, 1.82) is 0 Å². The molecule has 3 heteroatoms. The summed E-state index contributed by atoms with van der Waals surface area (Å²) in [5, 5.41) is 0.891. The van der Waals surface area contributed by atoms with Crippen molar-refractivity contribution in [3.05, 3.63) is 35.8 Å². The first-order valence-corrected chi connectivity index (χ1v) is 6.63. The highest BCUT2D eigenvalue weighted by molar-refractivity contribution is 5.82. The third-order valence-electron chi connectivity index (χ3n) is 4.32. The van der Waals surface area contributed by atoms with E-state index in [1.165, 1.54) is 12.5 Å². The highest BCUT2D eigenvalue weighted by Crippen LogP contribution is 2.43. The topological polar surface area (TPSA) is 39.2 Å². The lowest BCUT2D eigenvalue weighted by Gasteiger charge is -2.37. The van der Waals surface area contributed by atoms with Gasteiger partial charge in [-0.25, -0.2) is 4.39 Å². The summed E-state index contributed by atoms with van der Waals surface area (Å²) in [6.45, 7) is 0.508. The van der Waals surface area contributed by atoms with E-state index in [-0.39, 0.29) is 11.2 Å². The number of nitrogens with two attached hydrogens (primary N) is 1. The molecule has 1 aliphatic carbocycles. The molecule has 0 atom stereocenters. The van der Waals surface area contributed by atoms with Crippen LogP contribution in [-0.4, -0.2) is 6.54 Å². The summed E-state index contributed by atoms with van der Waals surface area (Å²) in [5.41, 5.74) is 7.33. The molecule has 0 amide bonds. The predicted molar refractivity (Wildman–Crippen MR) is 70.0 cm³/mol. The van der Waals surface area contributed by atoms with Crippen LogP contribution in [0, 0.1) is 5.82 Å². The molecule has 0 unspecified atom stereocenters. The molecule has 2 nitrogen and oxygen atoms in total. The maximum atomic E-state index is 14.3. The number of benzene rings is 1. The van der Waals surface area contributed by atoms with E-state index >= 15 is 0 Å². The number of hydrogen-bond acceptors (Lipinski definition) is 2. The molecule has 0 radical (unpaired) electrons. The molecule has 3 rings (SSSR count). The van der Waals surface area contributed by atoms with Crippen molar-refractivity contribution in [3.63, 3.8) is 0 Å². The van der Waals surface area contributed by atoms with Gasteiger partial charge in [-0.2, -0.15) is 0 Å². The molecule has 0 spiro atoms. The monoisotopic (exact) mass is 247 g/mol. The van der Waals surface area contributed by atoms with Crippen molar-refractivity contribution in [2.45, 2.75) is 37.5 Å². The van der Waals surface area contributed by atoms with Gasteiger partial charge in [0.25, 0.3) is 0 Å². The van der Waals surface area contributed by atoms with E-state index in [1.54, 1.807) is 12.3 Å². The Morgan fingerprint density at radius 3 is 2.67 bits per heavy atom. The fourth-order valence-electron chi connectivity index (χ4n) is 3.34. The van der Waals surface area contributed by atoms with Crippen LogP contribution in [0.2, 0.25) is 0 Å². The third kappa shape index (κ3) is 1.65. The molecule has 1 saturated carbocycles. The normalized spacial score (nSPS) is 19.2. The van der Waals surface area contributed by atoms with Gasteiger partial charge in [-0.1, -0.05) is 19.3 Å². The van der Waals surface area contributed by atoms with Gasteiger partial charge in [0.2, 0.25) is 0 Å². The van der Waals surface area contributed by atoms with E-state index < -0.39 is 0 Å². The van der Waals surface area contributed by atoms with E-state index in [9.17, 15) is 4.39 Å². The number of hydrogen-bond donors (Lipinski definition) is 1. The van der Waals surface area contributed by atoms with Gasteiger partial charge in [0.05, 0.1) is 6.26 Å². The second-order valence-electron chi connectivity index (χ2n) is 5.30. The average molecular weight is 247 g/mol. The van der Waals surface area contributed by atoms with Gasteiger partial charge in [0.1, 0.15) is 11.4 Å². The lowest BCUT2D eigenvalue weighted by molar-refractivity contribution is 0.294. The standard InChI is InChI=1S/C15H18FNO/c16-12-4-5-13-11(6-9-18-13)14(12)15(10-17)7-2-1-3-8-15/h4-6,9H,1-3,7-8,10,17H2. The Balaban J connectivity index is 2.22. The van der Waals surface area contributed by atoms with Gasteiger partial charge < -0.3 is 10.2 Å². The molecular formula is C15H18FNO. The summed E-state index contributed by atoms with van der Waals surface area (Å²) >= 11 is 0. The quantitative estimate of drug-likeness (QED) is 0.878. The highest BCUT2D eigenvalue weighted by Gasteiger charge is 2.36. The Hall–Kier alpha value is -1.35. The minimum absolute atomic E-state index is 0.142. The van der Waals surface area contributed by atoms with Crippen LogP contribution < -0.4 is 5.73 Å². The van der Waals surface area contributed by atoms with Gasteiger partial charge in [-0.05, 0) is 31.0 Å². The third-order valence-corrected chi connectivity index (χ3v) is 4.32. The van der Waals surface area contributed by atoms with E-state index in [4.69, 9.17) is 10.2 Å². The maximum absolute atomic E-state index is 14.3. The second-order valence-corrected chi connectivity index (χ2v) is 5.30. The smallest absolute Gasteiger partial charge is 0.134 e. The van der Waals surface area contributed by atoms with Crippen LogP contribution in [0.15, 0.2) is 28.9 Å². The largest absolute Gasteiger partial charge is 0.464 e. The zero-order valence-electron chi connectivity index (χ0n) is 10.4. The van der Waals surface area contributed by atoms with Crippen LogP contribution in [0.1, 0.15) is 37.7 Å². The Kier molecular flexibility index (Phi) is 2.86. The van der Waals surface area contributed by atoms with Crippen LogP contribution in [0.4, 0.5) is 4.39 Å². The van der Waals surface area contributed by atoms with E-state index in [1.807, 2.05) is 6.07 Å². The lowest BCUT2D eigenvalue weighted by atomic mass is 9.68. The predicted octanol–water partition coefficient (Wildman–Crippen LogP) is 3.73. The van der Waals surface area contributed by atoms with Crippen molar-refractivity contribution in [2.75, 3.05) is 6.54 Å². The molecule has 1 aliphatic rings. The fourth-order valence-corrected chi connectivity index (χ4v) is 3.34. The Morgan fingerprint density at radius 1 is 1.17 bits per heavy atom. The summed E-state index contributed by atoms with van der Waals surface area (Å²) in [7, 11) is 0. The number of halogens is 1. The summed E-state index contributed by atoms with van der Waals surface area (Å²) in [6, 6.07) is 5.06. The number of furan rings is 1. The molecule has 0 bridgehead atoms. The van der Waals surface area contributed by atoms with Crippen LogP contribution in [0.5, 0.6) is 0 Å². The minimum atomic E-state index is -0.203. The van der Waals surface area contributed by atoms with Crippen molar-refractivity contribution in [2.24, 2.45) is 5.73 Å². The van der Waals surface area contributed by atoms with Crippen molar-refractivity contribution in [1.82, 2.24) is 0 Å². The SMILES string of the molecule is NCC1(c2c(F)ccc3occc23)CCCCC1. The molecule has 0 aliphatic heterocycles. The number of fused-ring (bicyclic) bond motifs is 1. The molecular weight excluding hydrogens is 229 g/mol. The maximum Gasteiger partial charge on any atom is 0.134 e. The zero-order chi connectivity index (χ0) is 12.6. The molecule has 2 N–H and O–H groups in total. The van der Waals surface area contributed by atoms with Crippen molar-refractivity contribution >= 4 is 11.0 Å². The van der Waals surface area contributed by atoms with E-state index in [2.05, 4.69) is 0 Å². The second kappa shape index (κ2) is 4.39. The van der Waals surface area contributed by atoms with Crippen LogP contribution in [0.25, 0.3) is 11.0 Å². The highest BCUT2D eigenvalue weighted by atomic mass is 19.1. The summed E-state index contributed by atoms with van der Waals surface area (Å²) in [6.07, 6.45) is 7.07. The Labute approximate surface area is 106 Å². The van der Waals surface area contributed by atoms with Crippen molar-refractivity contribution in [3.8, 4) is 0 Å². The lowest BCUT2D eigenvalue weighted by Crippen LogP contribution is -2.38. The van der Waals surface area contributed by atoms with Gasteiger partial charge in [-0.15, -0.1) is 0 Å². The van der Waals surface area contributed by atoms with Gasteiger partial charge in [0.15, 0.2) is 0 Å². The molecule has 18 heavy (non-hydrogen) atoms. The molecule has 1 heterocycles. The molecule has 1 aromatic carbocycles. The summed E-state index contributed by atoms with van der Waals surface area (Å²) in [5.74, 6) is -0.142. The van der Waals surface area contributed by atoms with Gasteiger partial charge in [0, 0.05) is 22.9 Å². The Morgan fingerprint density at radius 2 is 1.94 bits per heavy atom. The fraction of sp³-hybridized carbons (Fsp3) is 0.467. The average Bonchev–Trinajstić information content (AvgIpc) is 2.87. The molecule has 1 fully saturated rings. The van der Waals surface area contributed by atoms with E-state index in [0.717, 1.165) is 42.2 Å². The van der Waals surface area contributed by atoms with E-state index in [0.29, 0.717) is 6.54 Å². The van der Waals surface area contributed by atoms with Crippen molar-refractivity contribution < 1.29 is 8.81 Å². The summed E-state index contributed by atoms with van der Waals surface area (Å²) in [4.78, 5) is 0. The number of rotatable bonds is 2. The van der Waals surface area contributed by atoms with Crippen LogP contribution in [-0.2, 0) is 5.41 Å². The van der Waals surface area contributed by atoms with Crippen LogP contribution in [0.3, 0.4) is 0 Å². The first kappa shape index (κ1) is 11.7. The van der Waals surface area contributed by atoms with Gasteiger partial charge >= 0.3 is 0 Å². The molecule has 96 valence electrons. The molecule has 2 aromatic rings. The molecule has 1 aromatic heterocycles.